The SMILES string of the molecule is CC(CO)NC(=O)c1cc(-c2ccc(OC(F)F)cc2)nn(-c2cnn(C)c2)c1=O. The van der Waals surface area contributed by atoms with E-state index in [9.17, 15) is 18.4 Å². The molecule has 3 rings (SSSR count). The largest absolute Gasteiger partial charge is 0.435 e. The number of aromatic nitrogens is 4. The minimum absolute atomic E-state index is 0.0379. The minimum atomic E-state index is -2.95. The van der Waals surface area contributed by atoms with Gasteiger partial charge in [0.25, 0.3) is 11.5 Å². The summed E-state index contributed by atoms with van der Waals surface area (Å²) in [7, 11) is 1.66. The van der Waals surface area contributed by atoms with Crippen LogP contribution < -0.4 is 15.6 Å². The number of hydrogen-bond donors (Lipinski definition) is 2. The summed E-state index contributed by atoms with van der Waals surface area (Å²) >= 11 is 0. The van der Waals surface area contributed by atoms with Crippen LogP contribution in [-0.2, 0) is 7.05 Å². The Morgan fingerprint density at radius 2 is 2.00 bits per heavy atom. The van der Waals surface area contributed by atoms with Gasteiger partial charge in [-0.3, -0.25) is 14.3 Å². The van der Waals surface area contributed by atoms with Gasteiger partial charge in [0.1, 0.15) is 17.0 Å². The highest BCUT2D eigenvalue weighted by Crippen LogP contribution is 2.22. The molecule has 30 heavy (non-hydrogen) atoms. The molecule has 1 aromatic carbocycles. The van der Waals surface area contributed by atoms with E-state index < -0.39 is 24.1 Å². The Labute approximate surface area is 169 Å². The van der Waals surface area contributed by atoms with E-state index in [0.29, 0.717) is 11.3 Å². The number of carbonyl (C=O) groups is 1. The zero-order chi connectivity index (χ0) is 21.8. The Morgan fingerprint density at radius 1 is 1.30 bits per heavy atom. The number of aliphatic hydroxyl groups is 1. The molecule has 2 aromatic heterocycles. The van der Waals surface area contributed by atoms with Crippen LogP contribution >= 0.6 is 0 Å². The van der Waals surface area contributed by atoms with Gasteiger partial charge in [0.05, 0.1) is 24.7 Å². The molecule has 3 aromatic rings. The first-order valence-electron chi connectivity index (χ1n) is 8.89. The molecule has 9 nitrogen and oxygen atoms in total. The van der Waals surface area contributed by atoms with Gasteiger partial charge >= 0.3 is 6.61 Å². The van der Waals surface area contributed by atoms with E-state index in [-0.39, 0.29) is 23.6 Å². The van der Waals surface area contributed by atoms with E-state index in [1.54, 1.807) is 20.2 Å². The molecule has 11 heteroatoms. The standard InChI is InChI=1S/C19H19F2N5O4/c1-11(10-27)23-17(28)15-7-16(12-3-5-14(6-4-12)30-19(20)21)24-26(18(15)29)13-8-22-25(2)9-13/h3-9,11,19,27H,10H2,1-2H3,(H,23,28). The van der Waals surface area contributed by atoms with Crippen LogP contribution in [0.5, 0.6) is 5.75 Å². The summed E-state index contributed by atoms with van der Waals surface area (Å²) in [4.78, 5) is 25.5. The number of aliphatic hydroxyl groups excluding tert-OH is 1. The summed E-state index contributed by atoms with van der Waals surface area (Å²) in [6.07, 6.45) is 2.96. The zero-order valence-corrected chi connectivity index (χ0v) is 16.1. The monoisotopic (exact) mass is 419 g/mol. The summed E-state index contributed by atoms with van der Waals surface area (Å²) < 4.78 is 31.6. The third kappa shape index (κ3) is 4.69. The van der Waals surface area contributed by atoms with Gasteiger partial charge < -0.3 is 15.2 Å². The maximum atomic E-state index is 12.9. The molecule has 0 aliphatic carbocycles. The first kappa shape index (κ1) is 21.1. The second-order valence-corrected chi connectivity index (χ2v) is 6.49. The Morgan fingerprint density at radius 3 is 2.57 bits per heavy atom. The minimum Gasteiger partial charge on any atom is -0.435 e. The number of carbonyl (C=O) groups excluding carboxylic acids is 1. The average molecular weight is 419 g/mol. The lowest BCUT2D eigenvalue weighted by Crippen LogP contribution is -2.39. The number of benzene rings is 1. The number of aryl methyl sites for hydroxylation is 1. The second kappa shape index (κ2) is 8.82. The topological polar surface area (TPSA) is 111 Å². The van der Waals surface area contributed by atoms with Crippen LogP contribution in [-0.4, -0.2) is 49.8 Å². The normalized spacial score (nSPS) is 12.1. The highest BCUT2D eigenvalue weighted by molar-refractivity contribution is 5.95. The number of nitrogens with zero attached hydrogens (tertiary/aromatic N) is 4. The van der Waals surface area contributed by atoms with Gasteiger partial charge in [-0.2, -0.15) is 23.7 Å². The van der Waals surface area contributed by atoms with Crippen molar-refractivity contribution in [1.29, 1.82) is 0 Å². The van der Waals surface area contributed by atoms with Crippen LogP contribution in [0.1, 0.15) is 17.3 Å². The Kier molecular flexibility index (Phi) is 6.21. The van der Waals surface area contributed by atoms with Gasteiger partial charge in [-0.15, -0.1) is 0 Å². The van der Waals surface area contributed by atoms with Crippen molar-refractivity contribution in [2.45, 2.75) is 19.6 Å². The second-order valence-electron chi connectivity index (χ2n) is 6.49. The summed E-state index contributed by atoms with van der Waals surface area (Å²) in [6, 6.07) is 6.36. The molecule has 0 saturated heterocycles. The fraction of sp³-hybridized carbons (Fsp3) is 0.263. The third-order valence-electron chi connectivity index (χ3n) is 4.12. The Balaban J connectivity index is 2.09. The zero-order valence-electron chi connectivity index (χ0n) is 16.1. The van der Waals surface area contributed by atoms with Crippen LogP contribution in [0.4, 0.5) is 8.78 Å². The van der Waals surface area contributed by atoms with Crippen LogP contribution in [0.3, 0.4) is 0 Å². The summed E-state index contributed by atoms with van der Waals surface area (Å²) in [5, 5.41) is 20.0. The molecular formula is C19H19F2N5O4. The number of rotatable bonds is 7. The average Bonchev–Trinajstić information content (AvgIpc) is 3.14. The molecule has 1 unspecified atom stereocenters. The fourth-order valence-electron chi connectivity index (χ4n) is 2.65. The Bertz CT molecular complexity index is 1100. The number of ether oxygens (including phenoxy) is 1. The van der Waals surface area contributed by atoms with E-state index in [1.807, 2.05) is 0 Å². The van der Waals surface area contributed by atoms with E-state index in [2.05, 4.69) is 20.3 Å². The van der Waals surface area contributed by atoms with E-state index in [0.717, 1.165) is 4.68 Å². The predicted octanol–water partition coefficient (Wildman–Crippen LogP) is 1.34. The number of nitrogens with one attached hydrogen (secondary N) is 1. The molecule has 1 amide bonds. The Hall–Kier alpha value is -3.60. The molecule has 0 bridgehead atoms. The van der Waals surface area contributed by atoms with E-state index >= 15 is 0 Å². The van der Waals surface area contributed by atoms with Gasteiger partial charge in [0.15, 0.2) is 0 Å². The highest BCUT2D eigenvalue weighted by Gasteiger charge is 2.19. The fourth-order valence-corrected chi connectivity index (χ4v) is 2.65. The van der Waals surface area contributed by atoms with Crippen molar-refractivity contribution in [1.82, 2.24) is 24.9 Å². The highest BCUT2D eigenvalue weighted by atomic mass is 19.3. The van der Waals surface area contributed by atoms with Crippen molar-refractivity contribution >= 4 is 5.91 Å². The van der Waals surface area contributed by atoms with Crippen LogP contribution in [0, 0.1) is 0 Å². The number of hydrogen-bond acceptors (Lipinski definition) is 6. The number of halogens is 2. The van der Waals surface area contributed by atoms with Gasteiger partial charge in [-0.05, 0) is 37.3 Å². The van der Waals surface area contributed by atoms with Gasteiger partial charge in [-0.25, -0.2) is 0 Å². The third-order valence-corrected chi connectivity index (χ3v) is 4.12. The molecule has 0 aliphatic heterocycles. The van der Waals surface area contributed by atoms with Crippen LogP contribution in [0.2, 0.25) is 0 Å². The first-order valence-corrected chi connectivity index (χ1v) is 8.89. The summed E-state index contributed by atoms with van der Waals surface area (Å²) in [5.74, 6) is -0.718. The molecular weight excluding hydrogens is 400 g/mol. The van der Waals surface area contributed by atoms with Gasteiger partial charge in [0.2, 0.25) is 0 Å². The maximum Gasteiger partial charge on any atom is 0.387 e. The van der Waals surface area contributed by atoms with Crippen molar-refractivity contribution in [3.63, 3.8) is 0 Å². The molecule has 0 fully saturated rings. The van der Waals surface area contributed by atoms with Crippen molar-refractivity contribution in [3.05, 3.63) is 58.6 Å². The molecule has 1 atom stereocenters. The van der Waals surface area contributed by atoms with E-state index in [4.69, 9.17) is 5.11 Å². The van der Waals surface area contributed by atoms with Crippen molar-refractivity contribution < 1.29 is 23.4 Å². The molecule has 0 saturated carbocycles. The first-order chi connectivity index (χ1) is 14.3. The maximum absolute atomic E-state index is 12.9. The van der Waals surface area contributed by atoms with Crippen LogP contribution in [0.25, 0.3) is 16.9 Å². The molecule has 2 N–H and O–H groups in total. The van der Waals surface area contributed by atoms with E-state index in [1.165, 1.54) is 41.2 Å². The van der Waals surface area contributed by atoms with Gasteiger partial charge in [-0.1, -0.05) is 0 Å². The molecule has 0 aliphatic rings. The summed E-state index contributed by atoms with van der Waals surface area (Å²) in [6.45, 7) is -1.67. The lowest BCUT2D eigenvalue weighted by Gasteiger charge is -2.13. The molecule has 0 radical (unpaired) electrons. The lowest BCUT2D eigenvalue weighted by molar-refractivity contribution is -0.0498. The quantitative estimate of drug-likeness (QED) is 0.598. The molecule has 2 heterocycles. The number of alkyl halides is 2. The van der Waals surface area contributed by atoms with Crippen molar-refractivity contribution in [2.24, 2.45) is 7.05 Å². The predicted molar refractivity (Wildman–Crippen MR) is 103 cm³/mol. The smallest absolute Gasteiger partial charge is 0.387 e. The van der Waals surface area contributed by atoms with Crippen LogP contribution in [0.15, 0.2) is 47.5 Å². The summed E-state index contributed by atoms with van der Waals surface area (Å²) in [5.41, 5.74) is 0.192. The van der Waals surface area contributed by atoms with Crippen molar-refractivity contribution in [3.8, 4) is 22.7 Å². The lowest BCUT2D eigenvalue weighted by atomic mass is 10.1. The van der Waals surface area contributed by atoms with Crippen molar-refractivity contribution in [2.75, 3.05) is 6.61 Å². The number of amides is 1. The van der Waals surface area contributed by atoms with Gasteiger partial charge in [0, 0.05) is 18.7 Å². The molecule has 0 spiro atoms. The molecule has 158 valence electrons.